The van der Waals surface area contributed by atoms with Crippen molar-refractivity contribution in [1.82, 2.24) is 10.3 Å². The van der Waals surface area contributed by atoms with Gasteiger partial charge in [0.05, 0.1) is 16.3 Å². The molecule has 4 heteroatoms. The smallest absolute Gasteiger partial charge is 0.230 e. The van der Waals surface area contributed by atoms with Crippen LogP contribution in [0, 0.1) is 5.92 Å². The molecule has 0 aliphatic carbocycles. The number of carbonyl (C=O) groups is 1. The maximum atomic E-state index is 11.7. The molecular weight excluding hydrogens is 268 g/mol. The second kappa shape index (κ2) is 7.29. The van der Waals surface area contributed by atoms with E-state index >= 15 is 0 Å². The molecule has 106 valence electrons. The Labute approximate surface area is 124 Å². The van der Waals surface area contributed by atoms with Crippen molar-refractivity contribution in [3.8, 4) is 0 Å². The van der Waals surface area contributed by atoms with Crippen molar-refractivity contribution in [1.29, 1.82) is 0 Å². The third-order valence-corrected chi connectivity index (χ3v) is 3.90. The van der Waals surface area contributed by atoms with Crippen LogP contribution < -0.4 is 5.32 Å². The van der Waals surface area contributed by atoms with Crippen LogP contribution >= 0.6 is 11.8 Å². The first-order valence-corrected chi connectivity index (χ1v) is 7.89. The van der Waals surface area contributed by atoms with E-state index in [1.807, 2.05) is 36.4 Å². The summed E-state index contributed by atoms with van der Waals surface area (Å²) in [6.07, 6.45) is 1.02. The minimum Gasteiger partial charge on any atom is -0.355 e. The predicted molar refractivity (Wildman–Crippen MR) is 84.9 cm³/mol. The monoisotopic (exact) mass is 288 g/mol. The summed E-state index contributed by atoms with van der Waals surface area (Å²) in [6, 6.07) is 12.0. The lowest BCUT2D eigenvalue weighted by atomic mass is 10.1. The summed E-state index contributed by atoms with van der Waals surface area (Å²) in [5, 5.41) is 4.95. The maximum Gasteiger partial charge on any atom is 0.230 e. The van der Waals surface area contributed by atoms with Crippen LogP contribution in [-0.4, -0.2) is 23.2 Å². The number of amides is 1. The highest BCUT2D eigenvalue weighted by molar-refractivity contribution is 7.99. The fraction of sp³-hybridized carbons (Fsp3) is 0.375. The Morgan fingerprint density at radius 3 is 2.85 bits per heavy atom. The number of carbonyl (C=O) groups excluding carboxylic acids is 1. The number of nitrogens with zero attached hydrogens (tertiary/aromatic N) is 1. The van der Waals surface area contributed by atoms with Gasteiger partial charge in [-0.05, 0) is 24.5 Å². The molecule has 20 heavy (non-hydrogen) atoms. The third kappa shape index (κ3) is 4.53. The molecule has 3 nitrogen and oxygen atoms in total. The van der Waals surface area contributed by atoms with E-state index in [1.165, 1.54) is 11.8 Å². The Morgan fingerprint density at radius 2 is 2.05 bits per heavy atom. The van der Waals surface area contributed by atoms with Crippen LogP contribution in [0.5, 0.6) is 0 Å². The number of nitrogens with one attached hydrogen (secondary N) is 1. The van der Waals surface area contributed by atoms with E-state index in [0.717, 1.165) is 28.9 Å². The lowest BCUT2D eigenvalue weighted by Crippen LogP contribution is -2.26. The Morgan fingerprint density at radius 1 is 1.25 bits per heavy atom. The molecule has 1 aromatic carbocycles. The summed E-state index contributed by atoms with van der Waals surface area (Å²) in [4.78, 5) is 16.2. The number of hydrogen-bond acceptors (Lipinski definition) is 3. The first kappa shape index (κ1) is 14.9. The van der Waals surface area contributed by atoms with Gasteiger partial charge in [-0.2, -0.15) is 0 Å². The SMILES string of the molecule is CC(C)CCNC(=O)CSc1ccc2ccccc2n1. The third-order valence-electron chi connectivity index (χ3n) is 2.97. The zero-order valence-electron chi connectivity index (χ0n) is 11.9. The van der Waals surface area contributed by atoms with Gasteiger partial charge in [-0.25, -0.2) is 4.98 Å². The van der Waals surface area contributed by atoms with Gasteiger partial charge in [0.15, 0.2) is 0 Å². The second-order valence-corrected chi connectivity index (χ2v) is 6.16. The first-order chi connectivity index (χ1) is 9.65. The Balaban J connectivity index is 1.84. The highest BCUT2D eigenvalue weighted by atomic mass is 32.2. The minimum atomic E-state index is 0.0746. The highest BCUT2D eigenvalue weighted by Crippen LogP contribution is 2.19. The molecule has 1 N–H and O–H groups in total. The maximum absolute atomic E-state index is 11.7. The lowest BCUT2D eigenvalue weighted by molar-refractivity contribution is -0.118. The van der Waals surface area contributed by atoms with Crippen LogP contribution in [0.2, 0.25) is 0 Å². The van der Waals surface area contributed by atoms with Crippen molar-refractivity contribution >= 4 is 28.6 Å². The van der Waals surface area contributed by atoms with Gasteiger partial charge < -0.3 is 5.32 Å². The van der Waals surface area contributed by atoms with E-state index in [2.05, 4.69) is 24.1 Å². The zero-order valence-corrected chi connectivity index (χ0v) is 12.7. The molecule has 2 rings (SSSR count). The number of aromatic nitrogens is 1. The summed E-state index contributed by atoms with van der Waals surface area (Å²) in [7, 11) is 0. The van der Waals surface area contributed by atoms with Crippen molar-refractivity contribution in [2.75, 3.05) is 12.3 Å². The van der Waals surface area contributed by atoms with E-state index in [0.29, 0.717) is 11.7 Å². The molecule has 0 bridgehead atoms. The summed E-state index contributed by atoms with van der Waals surface area (Å²) >= 11 is 1.48. The van der Waals surface area contributed by atoms with E-state index in [4.69, 9.17) is 0 Å². The predicted octanol–water partition coefficient (Wildman–Crippen LogP) is 3.49. The Bertz CT molecular complexity index is 583. The van der Waals surface area contributed by atoms with Crippen molar-refractivity contribution in [2.45, 2.75) is 25.3 Å². The van der Waals surface area contributed by atoms with E-state index in [1.54, 1.807) is 0 Å². The summed E-state index contributed by atoms with van der Waals surface area (Å²) in [5.41, 5.74) is 0.970. The molecule has 0 spiro atoms. The van der Waals surface area contributed by atoms with Crippen LogP contribution in [0.15, 0.2) is 41.4 Å². The molecule has 0 aliphatic heterocycles. The van der Waals surface area contributed by atoms with Crippen LogP contribution in [0.25, 0.3) is 10.9 Å². The van der Waals surface area contributed by atoms with Crippen LogP contribution in [-0.2, 0) is 4.79 Å². The normalized spacial score (nSPS) is 10.9. The number of hydrogen-bond donors (Lipinski definition) is 1. The van der Waals surface area contributed by atoms with Gasteiger partial charge in [-0.1, -0.05) is 49.9 Å². The molecule has 0 saturated carbocycles. The molecule has 0 aliphatic rings. The fourth-order valence-corrected chi connectivity index (χ4v) is 2.53. The van der Waals surface area contributed by atoms with Gasteiger partial charge in [0.1, 0.15) is 0 Å². The van der Waals surface area contributed by atoms with Crippen LogP contribution in [0.4, 0.5) is 0 Å². The van der Waals surface area contributed by atoms with Crippen molar-refractivity contribution in [3.63, 3.8) is 0 Å². The molecule has 2 aromatic rings. The zero-order chi connectivity index (χ0) is 14.4. The van der Waals surface area contributed by atoms with E-state index < -0.39 is 0 Å². The molecule has 1 heterocycles. The van der Waals surface area contributed by atoms with Crippen LogP contribution in [0.1, 0.15) is 20.3 Å². The van der Waals surface area contributed by atoms with Crippen molar-refractivity contribution in [3.05, 3.63) is 36.4 Å². The quantitative estimate of drug-likeness (QED) is 0.827. The van der Waals surface area contributed by atoms with Crippen LogP contribution in [0.3, 0.4) is 0 Å². The average molecular weight is 288 g/mol. The van der Waals surface area contributed by atoms with Gasteiger partial charge in [-0.3, -0.25) is 4.79 Å². The Kier molecular flexibility index (Phi) is 5.41. The van der Waals surface area contributed by atoms with E-state index in [9.17, 15) is 4.79 Å². The molecule has 0 unspecified atom stereocenters. The summed E-state index contributed by atoms with van der Waals surface area (Å²) in [6.45, 7) is 5.06. The van der Waals surface area contributed by atoms with Gasteiger partial charge in [0.2, 0.25) is 5.91 Å². The molecule has 1 amide bonds. The number of para-hydroxylation sites is 1. The molecule has 0 atom stereocenters. The largest absolute Gasteiger partial charge is 0.355 e. The number of pyridine rings is 1. The summed E-state index contributed by atoms with van der Waals surface area (Å²) < 4.78 is 0. The molecule has 0 fully saturated rings. The van der Waals surface area contributed by atoms with Crippen molar-refractivity contribution < 1.29 is 4.79 Å². The topological polar surface area (TPSA) is 42.0 Å². The molecule has 1 aromatic heterocycles. The van der Waals surface area contributed by atoms with Gasteiger partial charge in [0, 0.05) is 11.9 Å². The van der Waals surface area contributed by atoms with Gasteiger partial charge in [-0.15, -0.1) is 0 Å². The van der Waals surface area contributed by atoms with Gasteiger partial charge in [0.25, 0.3) is 0 Å². The van der Waals surface area contributed by atoms with Crippen molar-refractivity contribution in [2.24, 2.45) is 5.92 Å². The minimum absolute atomic E-state index is 0.0746. The molecule has 0 saturated heterocycles. The Hall–Kier alpha value is -1.55. The second-order valence-electron chi connectivity index (χ2n) is 5.16. The fourth-order valence-electron chi connectivity index (χ4n) is 1.82. The number of benzene rings is 1. The van der Waals surface area contributed by atoms with Gasteiger partial charge >= 0.3 is 0 Å². The molecule has 0 radical (unpaired) electrons. The van der Waals surface area contributed by atoms with E-state index in [-0.39, 0.29) is 5.91 Å². The first-order valence-electron chi connectivity index (χ1n) is 6.90. The summed E-state index contributed by atoms with van der Waals surface area (Å²) in [5.74, 6) is 1.11. The molecular formula is C16H20N2OS. The lowest BCUT2D eigenvalue weighted by Gasteiger charge is -2.07. The highest BCUT2D eigenvalue weighted by Gasteiger charge is 2.04. The average Bonchev–Trinajstić information content (AvgIpc) is 2.44. The number of rotatable bonds is 6. The number of thioether (sulfide) groups is 1. The number of fused-ring (bicyclic) bond motifs is 1. The standard InChI is InChI=1S/C16H20N2OS/c1-12(2)9-10-17-15(19)11-20-16-8-7-13-5-3-4-6-14(13)18-16/h3-8,12H,9-11H2,1-2H3,(H,17,19).